The average Bonchev–Trinajstić information content (AvgIpc) is 2.73. The van der Waals surface area contributed by atoms with Crippen molar-refractivity contribution in [3.05, 3.63) is 23.2 Å². The molecular formula is C16H23NO4. The van der Waals surface area contributed by atoms with Gasteiger partial charge in [-0.05, 0) is 45.4 Å². The molecule has 1 heterocycles. The number of rotatable bonds is 4. The van der Waals surface area contributed by atoms with Crippen molar-refractivity contribution < 1.29 is 19.1 Å². The van der Waals surface area contributed by atoms with E-state index in [-0.39, 0.29) is 23.6 Å². The van der Waals surface area contributed by atoms with Gasteiger partial charge >= 0.3 is 5.97 Å². The van der Waals surface area contributed by atoms with E-state index in [0.717, 1.165) is 25.7 Å². The summed E-state index contributed by atoms with van der Waals surface area (Å²) in [4.78, 5) is 23.4. The fraction of sp³-hybridized carbons (Fsp3) is 0.625. The number of furan rings is 1. The quantitative estimate of drug-likeness (QED) is 0.894. The summed E-state index contributed by atoms with van der Waals surface area (Å²) in [6.45, 7) is 6.05. The van der Waals surface area contributed by atoms with E-state index in [1.165, 1.54) is 6.26 Å². The minimum Gasteiger partial charge on any atom is -0.481 e. The molecule has 1 aliphatic carbocycles. The molecule has 0 bridgehead atoms. The van der Waals surface area contributed by atoms with Gasteiger partial charge in [0.15, 0.2) is 0 Å². The van der Waals surface area contributed by atoms with Gasteiger partial charge in [0.05, 0.1) is 11.8 Å². The molecular weight excluding hydrogens is 270 g/mol. The Balaban J connectivity index is 2.13. The molecule has 1 amide bonds. The number of aryl methyl sites for hydroxylation is 1. The van der Waals surface area contributed by atoms with Crippen LogP contribution in [-0.4, -0.2) is 22.5 Å². The van der Waals surface area contributed by atoms with E-state index in [9.17, 15) is 9.59 Å². The number of hydrogen-bond acceptors (Lipinski definition) is 3. The number of carbonyl (C=O) groups is 2. The van der Waals surface area contributed by atoms with Crippen LogP contribution in [0.1, 0.15) is 61.2 Å². The zero-order chi connectivity index (χ0) is 15.6. The molecule has 0 unspecified atom stereocenters. The van der Waals surface area contributed by atoms with Crippen LogP contribution in [0.25, 0.3) is 0 Å². The van der Waals surface area contributed by atoms with Gasteiger partial charge in [-0.25, -0.2) is 0 Å². The molecule has 5 heteroatoms. The summed E-state index contributed by atoms with van der Waals surface area (Å²) in [7, 11) is 0. The highest BCUT2D eigenvalue weighted by atomic mass is 16.4. The molecule has 0 aliphatic heterocycles. The van der Waals surface area contributed by atoms with Crippen LogP contribution in [0.2, 0.25) is 0 Å². The molecule has 116 valence electrons. The normalized spacial score (nSPS) is 25.6. The fourth-order valence-corrected chi connectivity index (χ4v) is 2.93. The average molecular weight is 293 g/mol. The second-order valence-corrected chi connectivity index (χ2v) is 6.48. The molecule has 0 saturated heterocycles. The number of carbonyl (C=O) groups excluding carboxylic acids is 1. The van der Waals surface area contributed by atoms with Crippen LogP contribution in [0.3, 0.4) is 0 Å². The van der Waals surface area contributed by atoms with Crippen molar-refractivity contribution in [3.8, 4) is 0 Å². The molecule has 2 rings (SSSR count). The topological polar surface area (TPSA) is 79.5 Å². The second-order valence-electron chi connectivity index (χ2n) is 6.48. The SMILES string of the molecule is Cc1coc(CC(=O)O)c1C(=O)NC1(C)CCC(C)CC1. The minimum absolute atomic E-state index is 0.214. The van der Waals surface area contributed by atoms with Crippen LogP contribution in [0.15, 0.2) is 10.7 Å². The van der Waals surface area contributed by atoms with Crippen molar-refractivity contribution >= 4 is 11.9 Å². The Morgan fingerprint density at radius 1 is 1.43 bits per heavy atom. The lowest BCUT2D eigenvalue weighted by atomic mass is 9.78. The number of aliphatic carboxylic acids is 1. The van der Waals surface area contributed by atoms with Gasteiger partial charge in [0.2, 0.25) is 0 Å². The Morgan fingerprint density at radius 3 is 2.62 bits per heavy atom. The number of carboxylic acid groups (broad SMARTS) is 1. The molecule has 0 spiro atoms. The first-order valence-electron chi connectivity index (χ1n) is 7.42. The van der Waals surface area contributed by atoms with Crippen LogP contribution in [0.4, 0.5) is 0 Å². The van der Waals surface area contributed by atoms with E-state index in [4.69, 9.17) is 9.52 Å². The lowest BCUT2D eigenvalue weighted by Crippen LogP contribution is -2.48. The van der Waals surface area contributed by atoms with Gasteiger partial charge in [-0.2, -0.15) is 0 Å². The molecule has 1 aromatic rings. The van der Waals surface area contributed by atoms with Crippen LogP contribution in [0.5, 0.6) is 0 Å². The van der Waals surface area contributed by atoms with Gasteiger partial charge in [-0.15, -0.1) is 0 Å². The van der Waals surface area contributed by atoms with Gasteiger partial charge < -0.3 is 14.8 Å². The molecule has 1 fully saturated rings. The molecule has 1 aliphatic rings. The van der Waals surface area contributed by atoms with Crippen LogP contribution in [-0.2, 0) is 11.2 Å². The lowest BCUT2D eigenvalue weighted by molar-refractivity contribution is -0.136. The molecule has 0 aromatic carbocycles. The number of hydrogen-bond donors (Lipinski definition) is 2. The van der Waals surface area contributed by atoms with Crippen molar-refractivity contribution in [2.45, 2.75) is 58.4 Å². The summed E-state index contributed by atoms with van der Waals surface area (Å²) in [5, 5.41) is 12.0. The molecule has 1 aromatic heterocycles. The maximum Gasteiger partial charge on any atom is 0.311 e. The van der Waals surface area contributed by atoms with Gasteiger partial charge in [0, 0.05) is 11.1 Å². The summed E-state index contributed by atoms with van der Waals surface area (Å²) in [5.74, 6) is -0.302. The first kappa shape index (κ1) is 15.6. The standard InChI is InChI=1S/C16H23NO4/c1-10-4-6-16(3,7-5-10)17-15(20)14-11(2)9-21-12(14)8-13(18)19/h9-10H,4-8H2,1-3H3,(H,17,20)(H,18,19). The highest BCUT2D eigenvalue weighted by molar-refractivity contribution is 5.97. The van der Waals surface area contributed by atoms with Crippen molar-refractivity contribution in [2.24, 2.45) is 5.92 Å². The van der Waals surface area contributed by atoms with E-state index in [1.54, 1.807) is 6.92 Å². The summed E-state index contributed by atoms with van der Waals surface area (Å²) >= 11 is 0. The summed E-state index contributed by atoms with van der Waals surface area (Å²) in [5.41, 5.74) is 0.835. The Labute approximate surface area is 124 Å². The maximum atomic E-state index is 12.5. The smallest absolute Gasteiger partial charge is 0.311 e. The van der Waals surface area contributed by atoms with E-state index < -0.39 is 5.97 Å². The first-order valence-corrected chi connectivity index (χ1v) is 7.42. The van der Waals surface area contributed by atoms with Crippen molar-refractivity contribution in [1.29, 1.82) is 0 Å². The summed E-state index contributed by atoms with van der Waals surface area (Å²) in [6, 6.07) is 0. The molecule has 2 N–H and O–H groups in total. The third-order valence-electron chi connectivity index (χ3n) is 4.38. The van der Waals surface area contributed by atoms with Crippen LogP contribution >= 0.6 is 0 Å². The lowest BCUT2D eigenvalue weighted by Gasteiger charge is -2.37. The largest absolute Gasteiger partial charge is 0.481 e. The van der Waals surface area contributed by atoms with Crippen molar-refractivity contribution in [3.63, 3.8) is 0 Å². The number of nitrogens with one attached hydrogen (secondary N) is 1. The van der Waals surface area contributed by atoms with Crippen molar-refractivity contribution in [1.82, 2.24) is 5.32 Å². The Bertz CT molecular complexity index is 538. The molecule has 1 saturated carbocycles. The minimum atomic E-state index is -1.00. The zero-order valence-corrected chi connectivity index (χ0v) is 12.9. The monoisotopic (exact) mass is 293 g/mol. The predicted molar refractivity (Wildman–Crippen MR) is 78.3 cm³/mol. The number of amides is 1. The highest BCUT2D eigenvalue weighted by Crippen LogP contribution is 2.32. The van der Waals surface area contributed by atoms with E-state index in [1.807, 2.05) is 0 Å². The van der Waals surface area contributed by atoms with E-state index in [0.29, 0.717) is 17.0 Å². The molecule has 5 nitrogen and oxygen atoms in total. The molecule has 0 radical (unpaired) electrons. The maximum absolute atomic E-state index is 12.5. The third-order valence-corrected chi connectivity index (χ3v) is 4.38. The summed E-state index contributed by atoms with van der Waals surface area (Å²) in [6.07, 6.45) is 5.27. The van der Waals surface area contributed by atoms with E-state index in [2.05, 4.69) is 19.2 Å². The molecule has 21 heavy (non-hydrogen) atoms. The van der Waals surface area contributed by atoms with Gasteiger partial charge in [-0.1, -0.05) is 6.92 Å². The van der Waals surface area contributed by atoms with Crippen LogP contribution < -0.4 is 5.32 Å². The number of carboxylic acids is 1. The zero-order valence-electron chi connectivity index (χ0n) is 12.9. The van der Waals surface area contributed by atoms with E-state index >= 15 is 0 Å². The Hall–Kier alpha value is -1.78. The van der Waals surface area contributed by atoms with Crippen LogP contribution in [0, 0.1) is 12.8 Å². The Kier molecular flexibility index (Phi) is 4.40. The third kappa shape index (κ3) is 3.65. The molecule has 0 atom stereocenters. The van der Waals surface area contributed by atoms with Gasteiger partial charge in [-0.3, -0.25) is 9.59 Å². The summed E-state index contributed by atoms with van der Waals surface area (Å²) < 4.78 is 5.22. The first-order chi connectivity index (χ1) is 9.81. The second kappa shape index (κ2) is 5.92. The Morgan fingerprint density at radius 2 is 2.05 bits per heavy atom. The fourth-order valence-electron chi connectivity index (χ4n) is 2.93. The highest BCUT2D eigenvalue weighted by Gasteiger charge is 2.32. The van der Waals surface area contributed by atoms with Gasteiger partial charge in [0.25, 0.3) is 5.91 Å². The predicted octanol–water partition coefficient (Wildman–Crippen LogP) is 2.91. The van der Waals surface area contributed by atoms with Crippen molar-refractivity contribution in [2.75, 3.05) is 0 Å². The van der Waals surface area contributed by atoms with Gasteiger partial charge in [0.1, 0.15) is 12.2 Å².